The molecule has 0 spiro atoms. The van der Waals surface area contributed by atoms with Crippen LogP contribution in [0.3, 0.4) is 0 Å². The number of aliphatic hydroxyl groups is 1. The third-order valence-corrected chi connectivity index (χ3v) is 3.78. The Bertz CT molecular complexity index is 542. The van der Waals surface area contributed by atoms with E-state index in [-0.39, 0.29) is 12.5 Å². The second-order valence-electron chi connectivity index (χ2n) is 5.77. The van der Waals surface area contributed by atoms with E-state index in [1.54, 1.807) is 14.1 Å². The first-order chi connectivity index (χ1) is 10.4. The Kier molecular flexibility index (Phi) is 5.03. The van der Waals surface area contributed by atoms with Gasteiger partial charge in [-0.25, -0.2) is 4.79 Å². The minimum atomic E-state index is -0.861. The van der Waals surface area contributed by atoms with E-state index in [9.17, 15) is 14.7 Å². The van der Waals surface area contributed by atoms with Crippen LogP contribution in [-0.2, 0) is 16.1 Å². The zero-order valence-corrected chi connectivity index (χ0v) is 13.2. The van der Waals surface area contributed by atoms with E-state index < -0.39 is 18.2 Å². The number of benzene rings is 1. The van der Waals surface area contributed by atoms with Crippen molar-refractivity contribution in [3.05, 3.63) is 35.4 Å². The molecule has 22 heavy (non-hydrogen) atoms. The Balaban J connectivity index is 1.98. The van der Waals surface area contributed by atoms with Gasteiger partial charge in [0.2, 0.25) is 5.91 Å². The van der Waals surface area contributed by atoms with Crippen molar-refractivity contribution in [3.63, 3.8) is 0 Å². The maximum atomic E-state index is 12.2. The second kappa shape index (κ2) is 6.79. The van der Waals surface area contributed by atoms with Gasteiger partial charge in [-0.15, -0.1) is 0 Å². The highest BCUT2D eigenvalue weighted by atomic mass is 16.6. The topological polar surface area (TPSA) is 70.1 Å². The number of aliphatic hydroxyl groups excluding tert-OH is 1. The van der Waals surface area contributed by atoms with E-state index in [4.69, 9.17) is 4.74 Å². The zero-order valence-electron chi connectivity index (χ0n) is 13.2. The molecule has 1 aliphatic heterocycles. The van der Waals surface area contributed by atoms with Crippen LogP contribution in [0, 0.1) is 6.92 Å². The van der Waals surface area contributed by atoms with E-state index in [1.165, 1.54) is 9.80 Å². The predicted octanol–water partition coefficient (Wildman–Crippen LogP) is 1.16. The fourth-order valence-corrected chi connectivity index (χ4v) is 2.46. The Morgan fingerprint density at radius 2 is 1.95 bits per heavy atom. The maximum absolute atomic E-state index is 12.2. The molecule has 0 aliphatic carbocycles. The third-order valence-electron chi connectivity index (χ3n) is 3.78. The SMILES string of the molecule is Cc1ccc(COC(=O)N2CCC(O)[C@H]2C(=O)N(C)C)cc1. The number of hydrogen-bond acceptors (Lipinski definition) is 4. The van der Waals surface area contributed by atoms with Crippen molar-refractivity contribution in [2.75, 3.05) is 20.6 Å². The van der Waals surface area contributed by atoms with Crippen LogP contribution in [0.25, 0.3) is 0 Å². The molecule has 120 valence electrons. The monoisotopic (exact) mass is 306 g/mol. The molecule has 1 heterocycles. The molecule has 1 aliphatic rings. The van der Waals surface area contributed by atoms with Crippen molar-refractivity contribution in [3.8, 4) is 0 Å². The molecule has 6 heteroatoms. The fourth-order valence-electron chi connectivity index (χ4n) is 2.46. The van der Waals surface area contributed by atoms with Crippen LogP contribution in [0.15, 0.2) is 24.3 Å². The molecular formula is C16H22N2O4. The Hall–Kier alpha value is -2.08. The predicted molar refractivity (Wildman–Crippen MR) is 81.2 cm³/mol. The van der Waals surface area contributed by atoms with Gasteiger partial charge in [0.05, 0.1) is 6.10 Å². The van der Waals surface area contributed by atoms with E-state index in [2.05, 4.69) is 0 Å². The lowest BCUT2D eigenvalue weighted by atomic mass is 10.1. The summed E-state index contributed by atoms with van der Waals surface area (Å²) in [5.74, 6) is -0.294. The normalized spacial score (nSPS) is 20.8. The standard InChI is InChI=1S/C16H22N2O4/c1-11-4-6-12(7-5-11)10-22-16(21)18-9-8-13(19)14(18)15(20)17(2)3/h4-7,13-14,19H,8-10H2,1-3H3/t13?,14-/m0/s1. The summed E-state index contributed by atoms with van der Waals surface area (Å²) in [5, 5.41) is 9.95. The van der Waals surface area contributed by atoms with Gasteiger partial charge in [-0.3, -0.25) is 9.69 Å². The number of carbonyl (C=O) groups excluding carboxylic acids is 2. The first-order valence-corrected chi connectivity index (χ1v) is 7.28. The highest BCUT2D eigenvalue weighted by Crippen LogP contribution is 2.21. The van der Waals surface area contributed by atoms with Crippen LogP contribution in [0.4, 0.5) is 4.79 Å². The van der Waals surface area contributed by atoms with Gasteiger partial charge in [0.1, 0.15) is 12.6 Å². The zero-order chi connectivity index (χ0) is 16.3. The van der Waals surface area contributed by atoms with Crippen LogP contribution >= 0.6 is 0 Å². The average molecular weight is 306 g/mol. The number of rotatable bonds is 3. The minimum absolute atomic E-state index is 0.147. The molecule has 2 atom stereocenters. The maximum Gasteiger partial charge on any atom is 0.410 e. The van der Waals surface area contributed by atoms with Crippen LogP contribution in [0.5, 0.6) is 0 Å². The number of carbonyl (C=O) groups is 2. The van der Waals surface area contributed by atoms with Crippen molar-refractivity contribution in [1.29, 1.82) is 0 Å². The van der Waals surface area contributed by atoms with Crippen molar-refractivity contribution in [2.45, 2.75) is 32.1 Å². The van der Waals surface area contributed by atoms with Gasteiger partial charge in [0.15, 0.2) is 0 Å². The minimum Gasteiger partial charge on any atom is -0.445 e. The highest BCUT2D eigenvalue weighted by Gasteiger charge is 2.42. The smallest absolute Gasteiger partial charge is 0.410 e. The first-order valence-electron chi connectivity index (χ1n) is 7.28. The molecule has 2 rings (SSSR count). The Morgan fingerprint density at radius 1 is 1.32 bits per heavy atom. The van der Waals surface area contributed by atoms with E-state index in [1.807, 2.05) is 31.2 Å². The molecule has 0 aromatic heterocycles. The average Bonchev–Trinajstić information content (AvgIpc) is 2.87. The number of nitrogens with zero attached hydrogens (tertiary/aromatic N) is 2. The molecule has 1 saturated heterocycles. The summed E-state index contributed by atoms with van der Waals surface area (Å²) < 4.78 is 5.27. The molecule has 1 fully saturated rings. The molecule has 2 amide bonds. The third kappa shape index (κ3) is 3.57. The summed E-state index contributed by atoms with van der Waals surface area (Å²) in [5.41, 5.74) is 2.02. The van der Waals surface area contributed by atoms with Gasteiger partial charge in [-0.05, 0) is 18.9 Å². The summed E-state index contributed by atoms with van der Waals surface area (Å²) in [6.07, 6.45) is -1.04. The summed E-state index contributed by atoms with van der Waals surface area (Å²) >= 11 is 0. The number of likely N-dealkylation sites (tertiary alicyclic amines) is 1. The lowest BCUT2D eigenvalue weighted by Gasteiger charge is -2.27. The number of likely N-dealkylation sites (N-methyl/N-ethyl adjacent to an activating group) is 1. The molecule has 1 aromatic rings. The van der Waals surface area contributed by atoms with Gasteiger partial charge in [-0.1, -0.05) is 29.8 Å². The highest BCUT2D eigenvalue weighted by molar-refractivity contribution is 5.86. The van der Waals surface area contributed by atoms with Crippen molar-refractivity contribution in [2.24, 2.45) is 0 Å². The Labute approximate surface area is 130 Å². The van der Waals surface area contributed by atoms with Gasteiger partial charge in [-0.2, -0.15) is 0 Å². The number of hydrogen-bond donors (Lipinski definition) is 1. The Morgan fingerprint density at radius 3 is 2.55 bits per heavy atom. The van der Waals surface area contributed by atoms with Crippen LogP contribution in [0.2, 0.25) is 0 Å². The summed E-state index contributed by atoms with van der Waals surface area (Å²) in [7, 11) is 3.20. The molecule has 1 N–H and O–H groups in total. The van der Waals surface area contributed by atoms with Gasteiger partial charge >= 0.3 is 6.09 Å². The van der Waals surface area contributed by atoms with Crippen molar-refractivity contribution < 1.29 is 19.4 Å². The van der Waals surface area contributed by atoms with E-state index in [0.29, 0.717) is 13.0 Å². The fraction of sp³-hybridized carbons (Fsp3) is 0.500. The lowest BCUT2D eigenvalue weighted by molar-refractivity contribution is -0.135. The van der Waals surface area contributed by atoms with Crippen LogP contribution < -0.4 is 0 Å². The van der Waals surface area contributed by atoms with E-state index in [0.717, 1.165) is 11.1 Å². The quantitative estimate of drug-likeness (QED) is 0.909. The van der Waals surface area contributed by atoms with Gasteiger partial charge in [0, 0.05) is 20.6 Å². The molecule has 0 radical (unpaired) electrons. The van der Waals surface area contributed by atoms with Crippen molar-refractivity contribution in [1.82, 2.24) is 9.80 Å². The van der Waals surface area contributed by atoms with Crippen LogP contribution in [-0.4, -0.2) is 59.7 Å². The van der Waals surface area contributed by atoms with Gasteiger partial charge < -0.3 is 14.7 Å². The molecule has 1 aromatic carbocycles. The number of amides is 2. The van der Waals surface area contributed by atoms with Crippen LogP contribution in [0.1, 0.15) is 17.5 Å². The van der Waals surface area contributed by atoms with E-state index >= 15 is 0 Å². The summed E-state index contributed by atoms with van der Waals surface area (Å²) in [6.45, 7) is 2.45. The largest absolute Gasteiger partial charge is 0.445 e. The van der Waals surface area contributed by atoms with Crippen molar-refractivity contribution >= 4 is 12.0 Å². The molecule has 0 bridgehead atoms. The number of ether oxygens (including phenoxy) is 1. The molecule has 1 unspecified atom stereocenters. The lowest BCUT2D eigenvalue weighted by Crippen LogP contribution is -2.49. The summed E-state index contributed by atoms with van der Waals surface area (Å²) in [6, 6.07) is 6.82. The first kappa shape index (κ1) is 16.3. The second-order valence-corrected chi connectivity index (χ2v) is 5.77. The molecule has 6 nitrogen and oxygen atoms in total. The summed E-state index contributed by atoms with van der Waals surface area (Å²) in [4.78, 5) is 27.0. The number of aryl methyl sites for hydroxylation is 1. The molecule has 0 saturated carbocycles. The molecular weight excluding hydrogens is 284 g/mol. The van der Waals surface area contributed by atoms with Gasteiger partial charge in [0.25, 0.3) is 0 Å².